The molecule has 0 aliphatic rings. The van der Waals surface area contributed by atoms with Crippen molar-refractivity contribution >= 4 is 29.4 Å². The number of aromatic nitrogens is 1. The normalized spacial score (nSPS) is 10.9. The number of thiol groups is 1. The highest BCUT2D eigenvalue weighted by Gasteiger charge is 2.08. The Morgan fingerprint density at radius 1 is 1.50 bits per heavy atom. The van der Waals surface area contributed by atoms with Gasteiger partial charge >= 0.3 is 5.76 Å². The van der Waals surface area contributed by atoms with E-state index in [9.17, 15) is 4.79 Å². The molecule has 0 aliphatic carbocycles. The van der Waals surface area contributed by atoms with E-state index < -0.39 is 0 Å². The molecule has 0 bridgehead atoms. The van der Waals surface area contributed by atoms with Crippen LogP contribution in [0.2, 0.25) is 0 Å². The van der Waals surface area contributed by atoms with Crippen molar-refractivity contribution in [2.24, 2.45) is 7.05 Å². The third-order valence-electron chi connectivity index (χ3n) is 2.65. The van der Waals surface area contributed by atoms with Gasteiger partial charge in [0.25, 0.3) is 0 Å². The standard InChI is InChI=1S/C11H14N2O2S/c1-12(5-6-16)8-3-4-10-9(7-8)13(2)11(14)15-10/h3-4,7,16H,5-6H2,1-2H3. The average Bonchev–Trinajstić information content (AvgIpc) is 2.55. The third kappa shape index (κ3) is 1.82. The van der Waals surface area contributed by atoms with Crippen molar-refractivity contribution in [1.82, 2.24) is 4.57 Å². The van der Waals surface area contributed by atoms with Crippen LogP contribution in [0.1, 0.15) is 0 Å². The molecule has 0 saturated heterocycles. The molecule has 1 aromatic carbocycles. The van der Waals surface area contributed by atoms with E-state index in [1.54, 1.807) is 7.05 Å². The Morgan fingerprint density at radius 3 is 2.94 bits per heavy atom. The van der Waals surface area contributed by atoms with Gasteiger partial charge in [-0.1, -0.05) is 0 Å². The van der Waals surface area contributed by atoms with Gasteiger partial charge in [0.15, 0.2) is 5.58 Å². The lowest BCUT2D eigenvalue weighted by Crippen LogP contribution is -2.19. The molecule has 0 fully saturated rings. The number of hydrogen-bond acceptors (Lipinski definition) is 4. The van der Waals surface area contributed by atoms with Gasteiger partial charge in [-0.3, -0.25) is 4.57 Å². The predicted molar refractivity (Wildman–Crippen MR) is 68.6 cm³/mol. The lowest BCUT2D eigenvalue weighted by molar-refractivity contribution is 0.528. The van der Waals surface area contributed by atoms with Crippen molar-refractivity contribution in [2.45, 2.75) is 0 Å². The van der Waals surface area contributed by atoms with Crippen molar-refractivity contribution in [1.29, 1.82) is 0 Å². The van der Waals surface area contributed by atoms with Gasteiger partial charge in [-0.25, -0.2) is 4.79 Å². The Kier molecular flexibility index (Phi) is 2.96. The van der Waals surface area contributed by atoms with Crippen molar-refractivity contribution in [3.8, 4) is 0 Å². The number of nitrogens with zero attached hydrogens (tertiary/aromatic N) is 2. The summed E-state index contributed by atoms with van der Waals surface area (Å²) in [5.41, 5.74) is 2.49. The summed E-state index contributed by atoms with van der Waals surface area (Å²) in [5.74, 6) is 0.461. The molecule has 2 rings (SSSR count). The molecule has 1 heterocycles. The lowest BCUT2D eigenvalue weighted by Gasteiger charge is -2.17. The highest BCUT2D eigenvalue weighted by atomic mass is 32.1. The number of fused-ring (bicyclic) bond motifs is 1. The highest BCUT2D eigenvalue weighted by molar-refractivity contribution is 7.80. The average molecular weight is 238 g/mol. The van der Waals surface area contributed by atoms with Crippen LogP contribution in [0.4, 0.5) is 5.69 Å². The molecule has 0 amide bonds. The molecular formula is C11H14N2O2S. The van der Waals surface area contributed by atoms with E-state index in [0.717, 1.165) is 23.5 Å². The van der Waals surface area contributed by atoms with Gasteiger partial charge in [0.1, 0.15) is 0 Å². The quantitative estimate of drug-likeness (QED) is 0.823. The van der Waals surface area contributed by atoms with Crippen molar-refractivity contribution in [3.63, 3.8) is 0 Å². The molecule has 5 heteroatoms. The second-order valence-corrected chi connectivity index (χ2v) is 4.17. The molecular weight excluding hydrogens is 224 g/mol. The van der Waals surface area contributed by atoms with Crippen molar-refractivity contribution < 1.29 is 4.42 Å². The molecule has 0 aliphatic heterocycles. The number of anilines is 1. The fourth-order valence-corrected chi connectivity index (χ4v) is 1.93. The second kappa shape index (κ2) is 4.25. The zero-order chi connectivity index (χ0) is 11.7. The second-order valence-electron chi connectivity index (χ2n) is 3.72. The first-order chi connectivity index (χ1) is 7.63. The van der Waals surface area contributed by atoms with Gasteiger partial charge in [0.2, 0.25) is 0 Å². The molecule has 0 unspecified atom stereocenters. The van der Waals surface area contributed by atoms with Gasteiger partial charge in [-0.05, 0) is 18.2 Å². The minimum absolute atomic E-state index is 0.330. The first-order valence-electron chi connectivity index (χ1n) is 5.05. The Bertz CT molecular complexity index is 559. The molecule has 1 aromatic heterocycles. The van der Waals surface area contributed by atoms with Crippen LogP contribution in [0.5, 0.6) is 0 Å². The number of rotatable bonds is 3. The van der Waals surface area contributed by atoms with Gasteiger partial charge in [0, 0.05) is 32.1 Å². The molecule has 0 N–H and O–H groups in total. The molecule has 0 radical (unpaired) electrons. The zero-order valence-electron chi connectivity index (χ0n) is 9.30. The smallest absolute Gasteiger partial charge is 0.408 e. The third-order valence-corrected chi connectivity index (χ3v) is 2.85. The van der Waals surface area contributed by atoms with Crippen LogP contribution < -0.4 is 10.7 Å². The Morgan fingerprint density at radius 2 is 2.25 bits per heavy atom. The SMILES string of the molecule is CN(CCS)c1ccc2oc(=O)n(C)c2c1. The molecule has 86 valence electrons. The fraction of sp³-hybridized carbons (Fsp3) is 0.364. The topological polar surface area (TPSA) is 38.4 Å². The molecule has 16 heavy (non-hydrogen) atoms. The maximum absolute atomic E-state index is 11.3. The molecule has 4 nitrogen and oxygen atoms in total. The van der Waals surface area contributed by atoms with Gasteiger partial charge in [0.05, 0.1) is 5.52 Å². The van der Waals surface area contributed by atoms with E-state index in [-0.39, 0.29) is 5.76 Å². The Balaban J connectivity index is 2.50. The van der Waals surface area contributed by atoms with E-state index in [1.807, 2.05) is 25.2 Å². The summed E-state index contributed by atoms with van der Waals surface area (Å²) in [6.07, 6.45) is 0. The number of hydrogen-bond donors (Lipinski definition) is 1. The summed E-state index contributed by atoms with van der Waals surface area (Å²) in [7, 11) is 3.70. The van der Waals surface area contributed by atoms with Crippen LogP contribution in [0.25, 0.3) is 11.1 Å². The number of benzene rings is 1. The predicted octanol–water partition coefficient (Wildman–Crippen LogP) is 1.50. The minimum atomic E-state index is -0.330. The molecule has 0 saturated carbocycles. The number of oxazole rings is 1. The van der Waals surface area contributed by atoms with E-state index in [0.29, 0.717) is 5.58 Å². The summed E-state index contributed by atoms with van der Waals surface area (Å²) in [5, 5.41) is 0. The highest BCUT2D eigenvalue weighted by Crippen LogP contribution is 2.20. The zero-order valence-corrected chi connectivity index (χ0v) is 10.2. The molecule has 0 atom stereocenters. The molecule has 2 aromatic rings. The van der Waals surface area contributed by atoms with Crippen LogP contribution in [-0.4, -0.2) is 23.9 Å². The molecule has 0 spiro atoms. The van der Waals surface area contributed by atoms with Crippen LogP contribution in [0.15, 0.2) is 27.4 Å². The van der Waals surface area contributed by atoms with Gasteiger partial charge in [-0.2, -0.15) is 12.6 Å². The van der Waals surface area contributed by atoms with Crippen LogP contribution in [0.3, 0.4) is 0 Å². The van der Waals surface area contributed by atoms with Crippen molar-refractivity contribution in [3.05, 3.63) is 28.7 Å². The summed E-state index contributed by atoms with van der Waals surface area (Å²) < 4.78 is 6.57. The first kappa shape index (κ1) is 11.1. The largest absolute Gasteiger partial charge is 0.419 e. The maximum Gasteiger partial charge on any atom is 0.419 e. The Labute approximate surface area is 98.9 Å². The minimum Gasteiger partial charge on any atom is -0.408 e. The lowest BCUT2D eigenvalue weighted by atomic mass is 10.2. The van der Waals surface area contributed by atoms with E-state index in [4.69, 9.17) is 4.42 Å². The first-order valence-corrected chi connectivity index (χ1v) is 5.68. The van der Waals surface area contributed by atoms with Gasteiger partial charge < -0.3 is 9.32 Å². The van der Waals surface area contributed by atoms with Crippen LogP contribution >= 0.6 is 12.6 Å². The van der Waals surface area contributed by atoms with Crippen LogP contribution in [0, 0.1) is 0 Å². The number of aryl methyl sites for hydroxylation is 1. The van der Waals surface area contributed by atoms with Crippen LogP contribution in [-0.2, 0) is 7.05 Å². The fourth-order valence-electron chi connectivity index (χ4n) is 1.63. The monoisotopic (exact) mass is 238 g/mol. The van der Waals surface area contributed by atoms with E-state index >= 15 is 0 Å². The van der Waals surface area contributed by atoms with E-state index in [1.165, 1.54) is 4.57 Å². The van der Waals surface area contributed by atoms with Crippen molar-refractivity contribution in [2.75, 3.05) is 24.2 Å². The summed E-state index contributed by atoms with van der Waals surface area (Å²) in [6, 6.07) is 5.71. The Hall–Kier alpha value is -1.36. The maximum atomic E-state index is 11.3. The summed E-state index contributed by atoms with van der Waals surface area (Å²) >= 11 is 4.19. The van der Waals surface area contributed by atoms with E-state index in [2.05, 4.69) is 17.5 Å². The van der Waals surface area contributed by atoms with Gasteiger partial charge in [-0.15, -0.1) is 0 Å². The summed E-state index contributed by atoms with van der Waals surface area (Å²) in [4.78, 5) is 13.4. The summed E-state index contributed by atoms with van der Waals surface area (Å²) in [6.45, 7) is 0.862.